The van der Waals surface area contributed by atoms with Crippen LogP contribution in [0.2, 0.25) is 0 Å². The van der Waals surface area contributed by atoms with Crippen LogP contribution in [0, 0.1) is 0 Å². The summed E-state index contributed by atoms with van der Waals surface area (Å²) in [5.74, 6) is -1.00. The molecule has 0 heterocycles. The first-order valence-corrected chi connectivity index (χ1v) is 7.90. The maximum Gasteiger partial charge on any atom is 0.329 e. The summed E-state index contributed by atoms with van der Waals surface area (Å²) in [6.45, 7) is 3.06. The van der Waals surface area contributed by atoms with E-state index in [9.17, 15) is 9.59 Å². The van der Waals surface area contributed by atoms with Crippen molar-refractivity contribution in [2.75, 3.05) is 13.3 Å². The highest BCUT2D eigenvalue weighted by Gasteiger charge is 2.36. The molecule has 110 valence electrons. The van der Waals surface area contributed by atoms with Gasteiger partial charge in [-0.3, -0.25) is 0 Å². The third-order valence-electron chi connectivity index (χ3n) is 3.98. The van der Waals surface area contributed by atoms with Gasteiger partial charge in [-0.15, -0.1) is 0 Å². The lowest BCUT2D eigenvalue weighted by Crippen LogP contribution is -2.57. The van der Waals surface area contributed by atoms with Gasteiger partial charge in [0.25, 0.3) is 0 Å². The summed E-state index contributed by atoms with van der Waals surface area (Å²) in [4.78, 5) is 24.6. The summed E-state index contributed by atoms with van der Waals surface area (Å²) in [6.07, 6.45) is 6.46. The normalized spacial score (nSPS) is 23.8. The molecule has 1 fully saturated rings. The number of rotatable bonds is 4. The first-order valence-electron chi connectivity index (χ1n) is 6.61. The highest BCUT2D eigenvalue weighted by Crippen LogP contribution is 2.27. The minimum absolute atomic E-state index is 0.142. The SMILES string of the molecule is CSC1CCCCC1NC(=O)N(C)C(C)(C)C(=O)O. The van der Waals surface area contributed by atoms with Crippen LogP contribution in [0.5, 0.6) is 0 Å². The van der Waals surface area contributed by atoms with Gasteiger partial charge in [0.2, 0.25) is 0 Å². The summed E-state index contributed by atoms with van der Waals surface area (Å²) >= 11 is 1.77. The maximum absolute atomic E-state index is 12.2. The van der Waals surface area contributed by atoms with Crippen molar-refractivity contribution < 1.29 is 14.7 Å². The van der Waals surface area contributed by atoms with Gasteiger partial charge in [0, 0.05) is 18.3 Å². The molecule has 0 aromatic rings. The van der Waals surface area contributed by atoms with E-state index in [0.29, 0.717) is 5.25 Å². The molecular formula is C13H24N2O3S. The Kier molecular flexibility index (Phi) is 5.52. The quantitative estimate of drug-likeness (QED) is 0.832. The molecule has 0 saturated heterocycles. The van der Waals surface area contributed by atoms with Crippen molar-refractivity contribution in [3.8, 4) is 0 Å². The standard InChI is InChI=1S/C13H24N2O3S/c1-13(2,11(16)17)15(3)12(18)14-9-7-5-6-8-10(9)19-4/h9-10H,5-8H2,1-4H3,(H,14,18)(H,16,17). The predicted octanol–water partition coefficient (Wildman–Crippen LogP) is 2.17. The van der Waals surface area contributed by atoms with E-state index in [-0.39, 0.29) is 12.1 Å². The molecule has 2 N–H and O–H groups in total. The smallest absolute Gasteiger partial charge is 0.329 e. The number of carbonyl (C=O) groups excluding carboxylic acids is 1. The molecule has 1 rings (SSSR count). The lowest BCUT2D eigenvalue weighted by Gasteiger charge is -2.36. The number of likely N-dealkylation sites (N-methyl/N-ethyl adjacent to an activating group) is 1. The topological polar surface area (TPSA) is 69.6 Å². The first kappa shape index (κ1) is 16.1. The molecule has 0 aromatic carbocycles. The van der Waals surface area contributed by atoms with Gasteiger partial charge in [0.15, 0.2) is 0 Å². The van der Waals surface area contributed by atoms with E-state index in [4.69, 9.17) is 5.11 Å². The molecule has 1 aliphatic rings. The average molecular weight is 288 g/mol. The molecule has 2 unspecified atom stereocenters. The second kappa shape index (κ2) is 6.50. The largest absolute Gasteiger partial charge is 0.480 e. The first-order chi connectivity index (χ1) is 8.80. The van der Waals surface area contributed by atoms with E-state index in [1.807, 2.05) is 0 Å². The van der Waals surface area contributed by atoms with Crippen LogP contribution in [-0.4, -0.2) is 52.1 Å². The number of carbonyl (C=O) groups is 2. The number of urea groups is 1. The summed E-state index contributed by atoms with van der Waals surface area (Å²) in [6, 6.07) is -0.165. The zero-order valence-corrected chi connectivity index (χ0v) is 12.9. The fourth-order valence-electron chi connectivity index (χ4n) is 2.20. The van der Waals surface area contributed by atoms with Crippen LogP contribution >= 0.6 is 11.8 Å². The lowest BCUT2D eigenvalue weighted by molar-refractivity contribution is -0.146. The van der Waals surface area contributed by atoms with Gasteiger partial charge in [-0.2, -0.15) is 11.8 Å². The highest BCUT2D eigenvalue weighted by atomic mass is 32.2. The Morgan fingerprint density at radius 1 is 1.32 bits per heavy atom. The molecule has 0 bridgehead atoms. The summed E-state index contributed by atoms with van der Waals surface area (Å²) < 4.78 is 0. The van der Waals surface area contributed by atoms with Crippen LogP contribution in [0.25, 0.3) is 0 Å². The van der Waals surface area contributed by atoms with Gasteiger partial charge in [-0.1, -0.05) is 12.8 Å². The number of nitrogens with zero attached hydrogens (tertiary/aromatic N) is 1. The summed E-state index contributed by atoms with van der Waals surface area (Å²) in [5, 5.41) is 12.6. The van der Waals surface area contributed by atoms with Gasteiger partial charge >= 0.3 is 12.0 Å². The van der Waals surface area contributed by atoms with E-state index in [2.05, 4.69) is 11.6 Å². The molecule has 0 aromatic heterocycles. The average Bonchev–Trinajstić information content (AvgIpc) is 2.38. The fraction of sp³-hybridized carbons (Fsp3) is 0.846. The number of thioether (sulfide) groups is 1. The molecule has 2 atom stereocenters. The van der Waals surface area contributed by atoms with Crippen LogP contribution in [0.1, 0.15) is 39.5 Å². The molecule has 19 heavy (non-hydrogen) atoms. The van der Waals surface area contributed by atoms with Gasteiger partial charge in [-0.25, -0.2) is 9.59 Å². The maximum atomic E-state index is 12.2. The van der Waals surface area contributed by atoms with E-state index in [1.165, 1.54) is 32.2 Å². The van der Waals surface area contributed by atoms with Crippen molar-refractivity contribution in [1.82, 2.24) is 10.2 Å². The van der Waals surface area contributed by atoms with Crippen LogP contribution < -0.4 is 5.32 Å². The fourth-order valence-corrected chi connectivity index (χ4v) is 3.13. The minimum atomic E-state index is -1.20. The number of nitrogens with one attached hydrogen (secondary N) is 1. The number of hydrogen-bond acceptors (Lipinski definition) is 3. The molecule has 0 radical (unpaired) electrons. The Balaban J connectivity index is 2.65. The summed E-state index contributed by atoms with van der Waals surface area (Å²) in [5.41, 5.74) is -1.20. The Hall–Kier alpha value is -0.910. The highest BCUT2D eigenvalue weighted by molar-refractivity contribution is 7.99. The number of hydrogen-bond donors (Lipinski definition) is 2. The molecule has 5 nitrogen and oxygen atoms in total. The van der Waals surface area contributed by atoms with E-state index < -0.39 is 11.5 Å². The predicted molar refractivity (Wildman–Crippen MR) is 77.6 cm³/mol. The zero-order valence-electron chi connectivity index (χ0n) is 12.1. The number of aliphatic carboxylic acids is 1. The molecule has 1 aliphatic carbocycles. The molecular weight excluding hydrogens is 264 g/mol. The van der Waals surface area contributed by atoms with Crippen molar-refractivity contribution in [3.63, 3.8) is 0 Å². The third-order valence-corrected chi connectivity index (χ3v) is 5.15. The van der Waals surface area contributed by atoms with Crippen LogP contribution in [0.4, 0.5) is 4.79 Å². The Labute approximate surface area is 119 Å². The second-order valence-corrected chi connectivity index (χ2v) is 6.61. The van der Waals surface area contributed by atoms with Crippen LogP contribution in [0.15, 0.2) is 0 Å². The molecule has 2 amide bonds. The van der Waals surface area contributed by atoms with Gasteiger partial charge in [-0.05, 0) is 32.9 Å². The molecule has 0 spiro atoms. The van der Waals surface area contributed by atoms with E-state index >= 15 is 0 Å². The van der Waals surface area contributed by atoms with Crippen molar-refractivity contribution in [2.45, 2.75) is 56.4 Å². The van der Waals surface area contributed by atoms with Crippen molar-refractivity contribution >= 4 is 23.8 Å². The van der Waals surface area contributed by atoms with Crippen molar-refractivity contribution in [2.24, 2.45) is 0 Å². The van der Waals surface area contributed by atoms with E-state index in [0.717, 1.165) is 19.3 Å². The third kappa shape index (κ3) is 3.78. The van der Waals surface area contributed by atoms with Crippen LogP contribution in [0.3, 0.4) is 0 Å². The molecule has 6 heteroatoms. The second-order valence-electron chi connectivity index (χ2n) is 5.54. The number of carboxylic acid groups (broad SMARTS) is 1. The molecule has 0 aliphatic heterocycles. The van der Waals surface area contributed by atoms with Crippen LogP contribution in [-0.2, 0) is 4.79 Å². The Bertz CT molecular complexity index is 347. The summed E-state index contributed by atoms with van der Waals surface area (Å²) in [7, 11) is 1.53. The van der Waals surface area contributed by atoms with Gasteiger partial charge < -0.3 is 15.3 Å². The van der Waals surface area contributed by atoms with Crippen molar-refractivity contribution in [3.05, 3.63) is 0 Å². The monoisotopic (exact) mass is 288 g/mol. The number of carboxylic acids is 1. The Morgan fingerprint density at radius 2 is 1.89 bits per heavy atom. The van der Waals surface area contributed by atoms with Gasteiger partial charge in [0.1, 0.15) is 5.54 Å². The zero-order chi connectivity index (χ0) is 14.6. The van der Waals surface area contributed by atoms with Crippen molar-refractivity contribution in [1.29, 1.82) is 0 Å². The minimum Gasteiger partial charge on any atom is -0.480 e. The Morgan fingerprint density at radius 3 is 2.42 bits per heavy atom. The molecule has 1 saturated carbocycles. The lowest BCUT2D eigenvalue weighted by atomic mass is 9.95. The van der Waals surface area contributed by atoms with Gasteiger partial charge in [0.05, 0.1) is 0 Å². The van der Waals surface area contributed by atoms with E-state index in [1.54, 1.807) is 11.8 Å². The number of amides is 2.